The molecule has 38 heavy (non-hydrogen) atoms. The molecular formula is C28H44NO5PS3. The Bertz CT molecular complexity index is 1000. The van der Waals surface area contributed by atoms with Gasteiger partial charge in [-0.15, -0.1) is 11.8 Å². The Hall–Kier alpha value is -0.770. The van der Waals surface area contributed by atoms with Gasteiger partial charge in [0, 0.05) is 16.4 Å². The molecule has 0 fully saturated rings. The Labute approximate surface area is 243 Å². The highest BCUT2D eigenvalue weighted by atomic mass is 32.9. The predicted molar refractivity (Wildman–Crippen MR) is 167 cm³/mol. The molecule has 0 amide bonds. The highest BCUT2D eigenvalue weighted by Gasteiger charge is 2.23. The predicted octanol–water partition coefficient (Wildman–Crippen LogP) is 7.26. The lowest BCUT2D eigenvalue weighted by atomic mass is 10.0. The van der Waals surface area contributed by atoms with Crippen molar-refractivity contribution in [3.8, 4) is 11.5 Å². The minimum absolute atomic E-state index is 0.0732. The van der Waals surface area contributed by atoms with E-state index in [9.17, 15) is 0 Å². The summed E-state index contributed by atoms with van der Waals surface area (Å²) in [6.07, 6.45) is 1.58. The highest BCUT2D eigenvalue weighted by molar-refractivity contribution is 8.69. The number of aryl methyl sites for hydroxylation is 2. The molecule has 0 aliphatic carbocycles. The zero-order valence-electron chi connectivity index (χ0n) is 23.8. The van der Waals surface area contributed by atoms with Gasteiger partial charge in [0.15, 0.2) is 6.79 Å². The molecule has 0 aromatic heterocycles. The molecule has 0 spiro atoms. The fourth-order valence-electron chi connectivity index (χ4n) is 3.43. The largest absolute Gasteiger partial charge is 0.497 e. The minimum atomic E-state index is -2.48. The zero-order valence-corrected chi connectivity index (χ0v) is 27.2. The number of likely N-dealkylation sites (N-methyl/N-ethyl adjacent to an activating group) is 1. The maximum atomic E-state index is 6.28. The van der Waals surface area contributed by atoms with Crippen LogP contribution in [0.3, 0.4) is 0 Å². The second-order valence-corrected chi connectivity index (χ2v) is 18.4. The molecular weight excluding hydrogens is 557 g/mol. The lowest BCUT2D eigenvalue weighted by Gasteiger charge is -2.26. The second-order valence-electron chi connectivity index (χ2n) is 9.94. The average molecular weight is 602 g/mol. The van der Waals surface area contributed by atoms with E-state index in [2.05, 4.69) is 43.9 Å². The van der Waals surface area contributed by atoms with Gasteiger partial charge in [-0.25, -0.2) is 0 Å². The minimum Gasteiger partial charge on any atom is -0.497 e. The molecule has 0 saturated carbocycles. The van der Waals surface area contributed by atoms with Gasteiger partial charge in [-0.1, -0.05) is 62.5 Å². The molecule has 0 heterocycles. The summed E-state index contributed by atoms with van der Waals surface area (Å²) >= 11 is 9.17. The number of rotatable bonds is 18. The smallest absolute Gasteiger partial charge is 0.250 e. The Kier molecular flexibility index (Phi) is 15.1. The van der Waals surface area contributed by atoms with Crippen LogP contribution in [-0.2, 0) is 38.4 Å². The van der Waals surface area contributed by atoms with E-state index < -0.39 is 5.69 Å². The van der Waals surface area contributed by atoms with Crippen molar-refractivity contribution in [2.75, 3.05) is 52.8 Å². The van der Waals surface area contributed by atoms with Crippen LogP contribution in [0, 0.1) is 0 Å². The number of para-hydroxylation sites is 1. The molecule has 2 aromatic carbocycles. The third kappa shape index (κ3) is 13.5. The quantitative estimate of drug-likeness (QED) is 0.130. The molecule has 0 aliphatic heterocycles. The summed E-state index contributed by atoms with van der Waals surface area (Å²) in [6, 6.07) is 16.4. The molecule has 0 bridgehead atoms. The van der Waals surface area contributed by atoms with Gasteiger partial charge in [-0.2, -0.15) is 0 Å². The van der Waals surface area contributed by atoms with Crippen LogP contribution >= 0.6 is 28.8 Å². The topological polar surface area (TPSA) is 49.4 Å². The lowest BCUT2D eigenvalue weighted by Crippen LogP contribution is -2.34. The van der Waals surface area contributed by atoms with Crippen LogP contribution in [0.2, 0.25) is 0 Å². The first-order valence-electron chi connectivity index (χ1n) is 12.8. The van der Waals surface area contributed by atoms with Crippen molar-refractivity contribution in [2.24, 2.45) is 0 Å². The first kappa shape index (κ1) is 33.4. The molecule has 2 atom stereocenters. The number of hydrogen-bond acceptors (Lipinski definition) is 9. The van der Waals surface area contributed by atoms with E-state index in [0.29, 0.717) is 19.8 Å². The number of methoxy groups -OCH3 is 1. The van der Waals surface area contributed by atoms with Gasteiger partial charge >= 0.3 is 0 Å². The Morgan fingerprint density at radius 3 is 2.47 bits per heavy atom. The summed E-state index contributed by atoms with van der Waals surface area (Å²) in [5.74, 6) is 1.75. The summed E-state index contributed by atoms with van der Waals surface area (Å²) in [4.78, 5) is 2.08. The molecule has 0 aliphatic rings. The molecule has 0 N–H and O–H groups in total. The van der Waals surface area contributed by atoms with E-state index in [1.165, 1.54) is 5.56 Å². The van der Waals surface area contributed by atoms with Crippen molar-refractivity contribution < 1.29 is 23.3 Å². The van der Waals surface area contributed by atoms with Crippen molar-refractivity contribution in [2.45, 2.75) is 51.4 Å². The van der Waals surface area contributed by atoms with Crippen LogP contribution in [0.5, 0.6) is 11.5 Å². The van der Waals surface area contributed by atoms with Crippen molar-refractivity contribution in [1.82, 2.24) is 4.90 Å². The fourth-order valence-corrected chi connectivity index (χ4v) is 10.4. The molecule has 10 heteroatoms. The van der Waals surface area contributed by atoms with Gasteiger partial charge in [-0.3, -0.25) is 4.52 Å². The normalized spacial score (nSPS) is 14.3. The van der Waals surface area contributed by atoms with Gasteiger partial charge < -0.3 is 23.6 Å². The van der Waals surface area contributed by atoms with Crippen molar-refractivity contribution in [3.05, 3.63) is 59.7 Å². The molecule has 214 valence electrons. The number of nitrogens with zero attached hydrogens (tertiary/aromatic N) is 1. The third-order valence-corrected chi connectivity index (χ3v) is 12.5. The number of hydrogen-bond donors (Lipinski definition) is 0. The molecule has 6 nitrogen and oxygen atoms in total. The van der Waals surface area contributed by atoms with Crippen molar-refractivity contribution >= 4 is 40.6 Å². The third-order valence-electron chi connectivity index (χ3n) is 5.29. The lowest BCUT2D eigenvalue weighted by molar-refractivity contribution is -0.0597. The SMILES string of the molecule is CCOP(=S)(OCO[C@H](COc1ccccc1CCc1cccc(OC)c1)CN(C)C)SCSC(C)(C)C. The summed E-state index contributed by atoms with van der Waals surface area (Å²) in [6.45, 7) is 10.2. The van der Waals surface area contributed by atoms with Gasteiger partial charge in [-0.05, 0) is 75.0 Å². The van der Waals surface area contributed by atoms with Crippen molar-refractivity contribution in [3.63, 3.8) is 0 Å². The highest BCUT2D eigenvalue weighted by Crippen LogP contribution is 2.62. The average Bonchev–Trinajstić information content (AvgIpc) is 2.85. The van der Waals surface area contributed by atoms with E-state index in [-0.39, 0.29) is 17.6 Å². The Morgan fingerprint density at radius 2 is 1.79 bits per heavy atom. The van der Waals surface area contributed by atoms with Crippen LogP contribution in [0.1, 0.15) is 38.8 Å². The second kappa shape index (κ2) is 17.1. The van der Waals surface area contributed by atoms with Gasteiger partial charge in [0.1, 0.15) is 24.2 Å². The fraction of sp³-hybridized carbons (Fsp3) is 0.571. The molecule has 0 radical (unpaired) electrons. The van der Waals surface area contributed by atoms with E-state index in [1.807, 2.05) is 63.1 Å². The van der Waals surface area contributed by atoms with Gasteiger partial charge in [0.25, 0.3) is 0 Å². The van der Waals surface area contributed by atoms with Gasteiger partial charge in [0.2, 0.25) is 5.69 Å². The van der Waals surface area contributed by atoms with Crippen LogP contribution in [0.4, 0.5) is 0 Å². The summed E-state index contributed by atoms with van der Waals surface area (Å²) in [5, 5.41) is 0.817. The molecule has 2 rings (SSSR count). The maximum Gasteiger partial charge on any atom is 0.250 e. The molecule has 2 aromatic rings. The Morgan fingerprint density at radius 1 is 1.03 bits per heavy atom. The number of ether oxygens (including phenoxy) is 3. The van der Waals surface area contributed by atoms with E-state index in [0.717, 1.165) is 35.0 Å². The van der Waals surface area contributed by atoms with Crippen LogP contribution in [-0.4, -0.2) is 68.6 Å². The zero-order chi connectivity index (χ0) is 28.0. The van der Waals surface area contributed by atoms with Gasteiger partial charge in [0.05, 0.1) is 13.7 Å². The monoisotopic (exact) mass is 601 g/mol. The molecule has 1 unspecified atom stereocenters. The standard InChI is InChI=1S/C28H44NO5PS3/c1-8-33-35(36,38-22-37-28(2,3)4)34-21-32-26(19-29(5)6)20-31-27-15-10-9-13-24(27)17-16-23-12-11-14-25(18-23)30-7/h9-15,18,26H,8,16-17,19-22H2,1-7H3/t26-,35?/m0/s1. The first-order chi connectivity index (χ1) is 18.0. The summed E-state index contributed by atoms with van der Waals surface area (Å²) in [5.41, 5.74) is -0.0919. The maximum absolute atomic E-state index is 6.28. The summed E-state index contributed by atoms with van der Waals surface area (Å²) < 4.78 is 29.8. The van der Waals surface area contributed by atoms with Crippen LogP contribution < -0.4 is 9.47 Å². The summed E-state index contributed by atoms with van der Waals surface area (Å²) in [7, 11) is 5.73. The number of benzene rings is 2. The Balaban J connectivity index is 1.94. The van der Waals surface area contributed by atoms with Crippen LogP contribution in [0.15, 0.2) is 48.5 Å². The van der Waals surface area contributed by atoms with Crippen molar-refractivity contribution in [1.29, 1.82) is 0 Å². The molecule has 0 saturated heterocycles. The first-order valence-corrected chi connectivity index (χ1v) is 18.0. The number of thioether (sulfide) groups is 1. The van der Waals surface area contributed by atoms with E-state index in [1.54, 1.807) is 18.5 Å². The van der Waals surface area contributed by atoms with E-state index in [4.69, 9.17) is 35.1 Å². The van der Waals surface area contributed by atoms with E-state index >= 15 is 0 Å². The van der Waals surface area contributed by atoms with Crippen LogP contribution in [0.25, 0.3) is 0 Å².